The predicted octanol–water partition coefficient (Wildman–Crippen LogP) is 8.17. The number of rotatable bonds is 35. The van der Waals surface area contributed by atoms with E-state index in [2.05, 4.69) is 12.2 Å². The summed E-state index contributed by atoms with van der Waals surface area (Å²) in [6.45, 7) is -1.15. The highest BCUT2D eigenvalue weighted by atomic mass is 16.7. The molecule has 1 rings (SSSR count). The van der Waals surface area contributed by atoms with Gasteiger partial charge in [-0.2, -0.15) is 0 Å². The Balaban J connectivity index is 2.39. The van der Waals surface area contributed by atoms with Crippen LogP contribution in [0.25, 0.3) is 0 Å². The van der Waals surface area contributed by atoms with E-state index in [1.54, 1.807) is 6.08 Å². The molecular weight excluding hydrogens is 646 g/mol. The summed E-state index contributed by atoms with van der Waals surface area (Å²) in [7, 11) is 0. The zero-order valence-electron chi connectivity index (χ0n) is 37.2. The second kappa shape index (κ2) is 33.5. The molecule has 0 aromatic rings. The van der Waals surface area contributed by atoms with Crippen molar-refractivity contribution in [3.05, 3.63) is 12.2 Å². The van der Waals surface area contributed by atoms with Gasteiger partial charge in [0.15, 0.2) is 6.29 Å². The first-order chi connectivity index (χ1) is 26.7. The Morgan fingerprint density at radius 1 is 0.745 bits per heavy atom. The number of aliphatic hydroxyl groups is 5. The summed E-state index contributed by atoms with van der Waals surface area (Å²) in [6.07, 6.45) is 21.3. The van der Waals surface area contributed by atoms with Crippen LogP contribution >= 0.6 is 0 Å². The molecule has 0 spiro atoms. The Morgan fingerprint density at radius 2 is 1.24 bits per heavy atom. The first-order valence-electron chi connectivity index (χ1n) is 23.3. The van der Waals surface area contributed by atoms with Gasteiger partial charge in [0.2, 0.25) is 5.91 Å². The fraction of sp³-hybridized carbons (Fsp3) is 0.929. The lowest BCUT2D eigenvalue weighted by molar-refractivity contribution is -0.302. The topological polar surface area (TPSA) is 149 Å². The molecule has 5 unspecified atom stereocenters. The van der Waals surface area contributed by atoms with E-state index >= 15 is 0 Å². The van der Waals surface area contributed by atoms with Crippen molar-refractivity contribution < 1.29 is 46.7 Å². The minimum absolute atomic E-state index is 0.0592. The van der Waals surface area contributed by atoms with Gasteiger partial charge in [-0.1, -0.05) is 180 Å². The van der Waals surface area contributed by atoms with Crippen molar-refractivity contribution in [1.82, 2.24) is 5.32 Å². The third-order valence-electron chi connectivity index (χ3n) is 10.1. The molecular formula is C42H81NO8. The molecule has 6 N–H and O–H groups in total. The number of ether oxygens (including phenoxy) is 2. The van der Waals surface area contributed by atoms with Crippen molar-refractivity contribution in [1.29, 1.82) is 0 Å². The lowest BCUT2D eigenvalue weighted by Gasteiger charge is -2.40. The number of hydrogen-bond donors (Lipinski definition) is 6. The summed E-state index contributed by atoms with van der Waals surface area (Å²) in [5.41, 5.74) is 0. The number of hydrogen-bond acceptors (Lipinski definition) is 8. The molecule has 0 radical (unpaired) electrons. The number of carbonyl (C=O) groups excluding carboxylic acids is 1. The fourth-order valence-corrected chi connectivity index (χ4v) is 6.65. The van der Waals surface area contributed by atoms with Crippen LogP contribution in [0.1, 0.15) is 200 Å². The van der Waals surface area contributed by atoms with Gasteiger partial charge in [-0.3, -0.25) is 4.79 Å². The van der Waals surface area contributed by atoms with Crippen molar-refractivity contribution in [2.75, 3.05) is 13.2 Å². The van der Waals surface area contributed by atoms with Gasteiger partial charge in [-0.15, -0.1) is 0 Å². The summed E-state index contributed by atoms with van der Waals surface area (Å²) < 4.78 is 48.4. The van der Waals surface area contributed by atoms with E-state index in [0.717, 1.165) is 83.5 Å². The molecule has 51 heavy (non-hydrogen) atoms. The number of amides is 1. The molecule has 9 nitrogen and oxygen atoms in total. The van der Waals surface area contributed by atoms with Gasteiger partial charge in [0, 0.05) is 13.3 Å². The minimum Gasteiger partial charge on any atom is -0.394 e. The Hall–Kier alpha value is -1.07. The predicted molar refractivity (Wildman–Crippen MR) is 207 cm³/mol. The highest BCUT2D eigenvalue weighted by Gasteiger charge is 2.44. The van der Waals surface area contributed by atoms with Crippen molar-refractivity contribution >= 4 is 5.91 Å². The maximum absolute atomic E-state index is 12.9. The van der Waals surface area contributed by atoms with Crippen LogP contribution < -0.4 is 5.32 Å². The van der Waals surface area contributed by atoms with Gasteiger partial charge in [-0.25, -0.2) is 0 Å². The number of allylic oxidation sites excluding steroid dienone is 1. The molecule has 7 atom stereocenters. The molecule has 0 aromatic heterocycles. The minimum atomic E-state index is -2.57. The van der Waals surface area contributed by atoms with Crippen molar-refractivity contribution in [2.24, 2.45) is 0 Å². The first kappa shape index (κ1) is 39.6. The molecule has 1 saturated heterocycles. The smallest absolute Gasteiger partial charge is 0.220 e. The lowest BCUT2D eigenvalue weighted by Crippen LogP contribution is -2.60. The highest BCUT2D eigenvalue weighted by Crippen LogP contribution is 2.22. The maximum Gasteiger partial charge on any atom is 0.220 e. The fourth-order valence-electron chi connectivity index (χ4n) is 6.65. The summed E-state index contributed by atoms with van der Waals surface area (Å²) in [5, 5.41) is 54.1. The molecule has 302 valence electrons. The molecule has 1 fully saturated rings. The van der Waals surface area contributed by atoms with Gasteiger partial charge >= 0.3 is 0 Å². The molecule has 9 heteroatoms. The van der Waals surface area contributed by atoms with Crippen LogP contribution in [0.3, 0.4) is 0 Å². The molecule has 0 bridgehead atoms. The molecule has 0 aromatic carbocycles. The summed E-state index contributed by atoms with van der Waals surface area (Å²) in [6, 6.07) is -0.852. The Morgan fingerprint density at radius 3 is 1.75 bits per heavy atom. The summed E-state index contributed by atoms with van der Waals surface area (Å²) in [5.74, 6) is -0.217. The average molecular weight is 733 g/mol. The van der Waals surface area contributed by atoms with E-state index in [1.165, 1.54) is 70.6 Å². The summed E-state index contributed by atoms with van der Waals surface area (Å²) >= 11 is 0. The molecule has 1 aliphatic heterocycles. The maximum atomic E-state index is 12.9. The monoisotopic (exact) mass is 733 g/mol. The lowest BCUT2D eigenvalue weighted by atomic mass is 9.99. The zero-order chi connectivity index (χ0) is 41.7. The van der Waals surface area contributed by atoms with Gasteiger partial charge in [0.05, 0.1) is 25.4 Å². The number of aliphatic hydroxyl groups excluding tert-OH is 5. The average Bonchev–Trinajstić information content (AvgIpc) is 3.15. The largest absolute Gasteiger partial charge is 0.394 e. The van der Waals surface area contributed by atoms with Crippen molar-refractivity contribution in [2.45, 2.75) is 236 Å². The molecule has 0 aliphatic carbocycles. The van der Waals surface area contributed by atoms with Crippen LogP contribution in [0.15, 0.2) is 12.2 Å². The number of nitrogens with one attached hydrogen (secondary N) is 1. The van der Waals surface area contributed by atoms with Crippen LogP contribution in [0.5, 0.6) is 0 Å². The number of carbonyl (C=O) groups is 1. The second-order valence-electron chi connectivity index (χ2n) is 14.7. The van der Waals surface area contributed by atoms with E-state index in [4.69, 9.17) is 16.3 Å². The standard InChI is InChI=1S/C42H81NO8/c1-3-5-7-9-11-13-15-17-18-20-22-24-26-28-30-32-38(46)43-35(34-50-42-41(49)40(48)39(47)37(33-44)51-42)36(45)31-29-27-25-23-21-19-16-14-12-10-8-6-4-2/h29,31,35-37,39-42,44-45,47-49H,3-28,30,32-34H2,1-2H3,(H,43,46)/b31-29+/t35-,36+,37?,39?,40?,41?,42?/m0/s1/i2D3,4D2. The summed E-state index contributed by atoms with van der Waals surface area (Å²) in [4.78, 5) is 12.9. The van der Waals surface area contributed by atoms with Gasteiger partial charge in [-0.05, 0) is 19.3 Å². The van der Waals surface area contributed by atoms with Crippen LogP contribution in [0.2, 0.25) is 0 Å². The zero-order valence-corrected chi connectivity index (χ0v) is 32.2. The quantitative estimate of drug-likeness (QED) is 0.0283. The Bertz CT molecular complexity index is 989. The van der Waals surface area contributed by atoms with E-state index < -0.39 is 62.7 Å². The van der Waals surface area contributed by atoms with E-state index in [-0.39, 0.29) is 18.9 Å². The van der Waals surface area contributed by atoms with Gasteiger partial charge < -0.3 is 40.3 Å². The molecule has 1 aliphatic rings. The normalized spacial score (nSPS) is 24.0. The van der Waals surface area contributed by atoms with Crippen LogP contribution in [-0.2, 0) is 14.3 Å². The van der Waals surface area contributed by atoms with E-state index in [1.807, 2.05) is 6.08 Å². The molecule has 1 heterocycles. The second-order valence-corrected chi connectivity index (χ2v) is 14.7. The third-order valence-corrected chi connectivity index (χ3v) is 10.1. The van der Waals surface area contributed by atoms with E-state index in [9.17, 15) is 30.3 Å². The Labute approximate surface area is 319 Å². The first-order valence-corrected chi connectivity index (χ1v) is 20.8. The molecule has 1 amide bonds. The van der Waals surface area contributed by atoms with Gasteiger partial charge in [0.25, 0.3) is 0 Å². The van der Waals surface area contributed by atoms with Crippen LogP contribution in [-0.4, -0.2) is 87.5 Å². The van der Waals surface area contributed by atoms with Gasteiger partial charge in [0.1, 0.15) is 24.4 Å². The van der Waals surface area contributed by atoms with Crippen LogP contribution in [0, 0.1) is 0 Å². The van der Waals surface area contributed by atoms with Crippen molar-refractivity contribution in [3.8, 4) is 0 Å². The van der Waals surface area contributed by atoms with E-state index in [0.29, 0.717) is 12.8 Å². The number of unbranched alkanes of at least 4 members (excludes halogenated alkanes) is 23. The SMILES string of the molecule is [2H]C([2H])([2H])C([2H])([2H])CCCCCCCCCCC/C=C/[C@@H](O)[C@H](COC1OC(CO)C(O)C(O)C1O)NC(=O)CCCCCCCCCCCCCCCCC. The highest BCUT2D eigenvalue weighted by molar-refractivity contribution is 5.76. The van der Waals surface area contributed by atoms with Crippen molar-refractivity contribution in [3.63, 3.8) is 0 Å². The molecule has 0 saturated carbocycles. The third kappa shape index (κ3) is 24.8. The van der Waals surface area contributed by atoms with Crippen LogP contribution in [0.4, 0.5) is 0 Å². The Kier molecular flexibility index (Phi) is 26.0.